The summed E-state index contributed by atoms with van der Waals surface area (Å²) >= 11 is 0. The Balaban J connectivity index is -0.000000405. The van der Waals surface area contributed by atoms with Gasteiger partial charge in [0.2, 0.25) is 0 Å². The molecular formula is C6H18Cl2N4. The summed E-state index contributed by atoms with van der Waals surface area (Å²) in [4.78, 5) is 3.81. The largest absolute Gasteiger partial charge is 0.370 e. The molecule has 76 valence electrons. The maximum absolute atomic E-state index is 5.50. The van der Waals surface area contributed by atoms with Crippen LogP contribution in [0.1, 0.15) is 19.8 Å². The van der Waals surface area contributed by atoms with Crippen molar-refractivity contribution in [3.63, 3.8) is 0 Å². The summed E-state index contributed by atoms with van der Waals surface area (Å²) in [6.45, 7) is 2.65. The highest BCUT2D eigenvalue weighted by Crippen LogP contribution is 1.92. The Bertz CT molecular complexity index is 112. The van der Waals surface area contributed by atoms with E-state index in [-0.39, 0.29) is 36.8 Å². The first-order valence-corrected chi connectivity index (χ1v) is 3.44. The van der Waals surface area contributed by atoms with Crippen LogP contribution < -0.4 is 17.2 Å². The van der Waals surface area contributed by atoms with Gasteiger partial charge in [0, 0.05) is 12.6 Å². The van der Waals surface area contributed by atoms with E-state index in [1.54, 1.807) is 0 Å². The van der Waals surface area contributed by atoms with E-state index in [2.05, 4.69) is 4.99 Å². The third kappa shape index (κ3) is 16.4. The predicted molar refractivity (Wildman–Crippen MR) is 58.1 cm³/mol. The standard InChI is InChI=1S/C6H16N4.2ClH/c1-5(7)3-2-4-10-6(8)9;;/h5H,2-4,7H2,1H3,(H4,8,9,10);2*1H. The van der Waals surface area contributed by atoms with Gasteiger partial charge >= 0.3 is 0 Å². The highest BCUT2D eigenvalue weighted by Gasteiger charge is 1.91. The van der Waals surface area contributed by atoms with E-state index in [9.17, 15) is 0 Å². The van der Waals surface area contributed by atoms with Crippen LogP contribution in [0.3, 0.4) is 0 Å². The summed E-state index contributed by atoms with van der Waals surface area (Å²) in [6.07, 6.45) is 1.92. The molecule has 0 saturated heterocycles. The van der Waals surface area contributed by atoms with Crippen LogP contribution in [0.5, 0.6) is 0 Å². The number of hydrogen-bond donors (Lipinski definition) is 3. The van der Waals surface area contributed by atoms with Crippen LogP contribution in [0, 0.1) is 0 Å². The first-order valence-electron chi connectivity index (χ1n) is 3.44. The fraction of sp³-hybridized carbons (Fsp3) is 0.833. The third-order valence-electron chi connectivity index (χ3n) is 1.11. The molecule has 0 aromatic rings. The predicted octanol–water partition coefficient (Wildman–Crippen LogP) is 0.231. The van der Waals surface area contributed by atoms with Crippen molar-refractivity contribution in [3.8, 4) is 0 Å². The summed E-state index contributed by atoms with van der Waals surface area (Å²) in [5.41, 5.74) is 15.7. The molecule has 0 aliphatic rings. The maximum Gasteiger partial charge on any atom is 0.185 e. The second-order valence-corrected chi connectivity index (χ2v) is 2.43. The van der Waals surface area contributed by atoms with Gasteiger partial charge in [0.15, 0.2) is 5.96 Å². The fourth-order valence-electron chi connectivity index (χ4n) is 0.621. The Morgan fingerprint density at radius 1 is 1.33 bits per heavy atom. The number of aliphatic imine (C=N–C) groups is 1. The molecule has 0 spiro atoms. The smallest absolute Gasteiger partial charge is 0.185 e. The molecule has 0 fully saturated rings. The van der Waals surface area contributed by atoms with E-state index in [1.807, 2.05) is 6.92 Å². The molecule has 0 radical (unpaired) electrons. The molecule has 4 nitrogen and oxygen atoms in total. The maximum atomic E-state index is 5.50. The molecule has 1 atom stereocenters. The van der Waals surface area contributed by atoms with E-state index in [0.717, 1.165) is 12.8 Å². The van der Waals surface area contributed by atoms with Crippen LogP contribution in [0.15, 0.2) is 4.99 Å². The Morgan fingerprint density at radius 3 is 2.17 bits per heavy atom. The van der Waals surface area contributed by atoms with Gasteiger partial charge in [-0.1, -0.05) is 0 Å². The molecule has 0 aliphatic heterocycles. The lowest BCUT2D eigenvalue weighted by Gasteiger charge is -2.00. The highest BCUT2D eigenvalue weighted by atomic mass is 35.5. The number of guanidine groups is 1. The number of rotatable bonds is 4. The zero-order chi connectivity index (χ0) is 7.98. The molecule has 1 unspecified atom stereocenters. The Hall–Kier alpha value is -0.190. The molecule has 6 heteroatoms. The summed E-state index contributed by atoms with van der Waals surface area (Å²) in [7, 11) is 0. The normalized spacial score (nSPS) is 10.5. The summed E-state index contributed by atoms with van der Waals surface area (Å²) in [5.74, 6) is 0.157. The lowest BCUT2D eigenvalue weighted by molar-refractivity contribution is 0.631. The number of hydrogen-bond acceptors (Lipinski definition) is 2. The molecule has 12 heavy (non-hydrogen) atoms. The monoisotopic (exact) mass is 216 g/mol. The molecule has 0 heterocycles. The van der Waals surface area contributed by atoms with Gasteiger partial charge in [-0.3, -0.25) is 4.99 Å². The van der Waals surface area contributed by atoms with Crippen LogP contribution in [0.2, 0.25) is 0 Å². The van der Waals surface area contributed by atoms with E-state index < -0.39 is 0 Å². The average molecular weight is 217 g/mol. The first kappa shape index (κ1) is 17.8. The van der Waals surface area contributed by atoms with E-state index >= 15 is 0 Å². The van der Waals surface area contributed by atoms with Crippen LogP contribution >= 0.6 is 24.8 Å². The lowest BCUT2D eigenvalue weighted by atomic mass is 10.2. The lowest BCUT2D eigenvalue weighted by Crippen LogP contribution is -2.23. The number of nitrogens with two attached hydrogens (primary N) is 3. The van der Waals surface area contributed by atoms with Gasteiger partial charge in [-0.25, -0.2) is 0 Å². The summed E-state index contributed by atoms with van der Waals surface area (Å²) < 4.78 is 0. The topological polar surface area (TPSA) is 90.4 Å². The molecule has 0 bridgehead atoms. The Morgan fingerprint density at radius 2 is 1.83 bits per heavy atom. The van der Waals surface area contributed by atoms with E-state index in [1.165, 1.54) is 0 Å². The molecule has 0 amide bonds. The van der Waals surface area contributed by atoms with Crippen molar-refractivity contribution in [2.75, 3.05) is 6.54 Å². The molecular weight excluding hydrogens is 199 g/mol. The van der Waals surface area contributed by atoms with Crippen molar-refractivity contribution in [2.45, 2.75) is 25.8 Å². The quantitative estimate of drug-likeness (QED) is 0.357. The van der Waals surface area contributed by atoms with Crippen LogP contribution in [0.25, 0.3) is 0 Å². The van der Waals surface area contributed by atoms with Gasteiger partial charge in [-0.2, -0.15) is 0 Å². The van der Waals surface area contributed by atoms with Gasteiger partial charge in [-0.05, 0) is 19.8 Å². The average Bonchev–Trinajstić information content (AvgIpc) is 1.79. The van der Waals surface area contributed by atoms with Crippen molar-refractivity contribution in [1.82, 2.24) is 0 Å². The zero-order valence-electron chi connectivity index (χ0n) is 7.19. The van der Waals surface area contributed by atoms with Gasteiger partial charge in [0.25, 0.3) is 0 Å². The van der Waals surface area contributed by atoms with Gasteiger partial charge in [0.1, 0.15) is 0 Å². The van der Waals surface area contributed by atoms with Gasteiger partial charge < -0.3 is 17.2 Å². The minimum absolute atomic E-state index is 0. The van der Waals surface area contributed by atoms with Crippen LogP contribution in [-0.2, 0) is 0 Å². The third-order valence-corrected chi connectivity index (χ3v) is 1.11. The van der Waals surface area contributed by atoms with Gasteiger partial charge in [0.05, 0.1) is 0 Å². The molecule has 0 saturated carbocycles. The van der Waals surface area contributed by atoms with E-state index in [0.29, 0.717) is 6.54 Å². The van der Waals surface area contributed by atoms with Crippen molar-refractivity contribution in [3.05, 3.63) is 0 Å². The number of nitrogens with zero attached hydrogens (tertiary/aromatic N) is 1. The molecule has 0 aliphatic carbocycles. The van der Waals surface area contributed by atoms with E-state index in [4.69, 9.17) is 17.2 Å². The molecule has 0 aromatic carbocycles. The molecule has 0 rings (SSSR count). The van der Waals surface area contributed by atoms with Crippen LogP contribution in [0.4, 0.5) is 0 Å². The number of halogens is 2. The summed E-state index contributed by atoms with van der Waals surface area (Å²) in [6, 6.07) is 0.245. The Labute approximate surface area is 85.8 Å². The molecule has 0 aromatic heterocycles. The van der Waals surface area contributed by atoms with Crippen molar-refractivity contribution in [2.24, 2.45) is 22.2 Å². The minimum atomic E-state index is 0. The Kier molecular flexibility index (Phi) is 16.0. The van der Waals surface area contributed by atoms with Crippen molar-refractivity contribution in [1.29, 1.82) is 0 Å². The molecule has 6 N–H and O–H groups in total. The van der Waals surface area contributed by atoms with Crippen molar-refractivity contribution >= 4 is 30.8 Å². The second kappa shape index (κ2) is 10.8. The summed E-state index contributed by atoms with van der Waals surface area (Å²) in [5, 5.41) is 0. The SMILES string of the molecule is CC(N)CCCN=C(N)N.Cl.Cl. The van der Waals surface area contributed by atoms with Crippen molar-refractivity contribution < 1.29 is 0 Å². The van der Waals surface area contributed by atoms with Crippen LogP contribution in [-0.4, -0.2) is 18.5 Å². The van der Waals surface area contributed by atoms with Gasteiger partial charge in [-0.15, -0.1) is 24.8 Å². The zero-order valence-corrected chi connectivity index (χ0v) is 8.83. The fourth-order valence-corrected chi connectivity index (χ4v) is 0.621. The minimum Gasteiger partial charge on any atom is -0.370 e. The first-order chi connectivity index (χ1) is 4.63. The second-order valence-electron chi connectivity index (χ2n) is 2.43. The highest BCUT2D eigenvalue weighted by molar-refractivity contribution is 5.85.